The Labute approximate surface area is 117 Å². The molecular weight excluding hydrogens is 415 g/mol. The molecule has 2 aromatic carbocycles. The molecule has 4 heteroatoms. The van der Waals surface area contributed by atoms with Crippen LogP contribution in [0.2, 0.25) is 0 Å². The molecule has 0 N–H and O–H groups in total. The fourth-order valence-corrected chi connectivity index (χ4v) is 1.91. The van der Waals surface area contributed by atoms with E-state index in [9.17, 15) is 8.78 Å². The zero-order chi connectivity index (χ0) is 11.8. The van der Waals surface area contributed by atoms with Gasteiger partial charge in [0.2, 0.25) is 0 Å². The number of nitrogens with zero attached hydrogens (tertiary/aromatic N) is 1. The summed E-state index contributed by atoms with van der Waals surface area (Å²) in [5.74, 6) is 0. The summed E-state index contributed by atoms with van der Waals surface area (Å²) in [6.45, 7) is 0. The fraction of sp³-hybridized carbons (Fsp3) is 0.0714. The van der Waals surface area contributed by atoms with Gasteiger partial charge in [-0.05, 0) is 17.0 Å². The van der Waals surface area contributed by atoms with Gasteiger partial charge in [0.25, 0.3) is 6.43 Å². The number of hydrogen-bond donors (Lipinski definition) is 0. The molecule has 0 unspecified atom stereocenters. The van der Waals surface area contributed by atoms with Gasteiger partial charge in [-0.3, -0.25) is 4.98 Å². The van der Waals surface area contributed by atoms with Crippen molar-refractivity contribution in [1.82, 2.24) is 4.98 Å². The van der Waals surface area contributed by atoms with E-state index in [1.807, 2.05) is 24.3 Å². The molecule has 0 spiro atoms. The number of fused-ring (bicyclic) bond motifs is 3. The second-order valence-corrected chi connectivity index (χ2v) is 3.81. The maximum atomic E-state index is 12.6. The summed E-state index contributed by atoms with van der Waals surface area (Å²) in [5.41, 5.74) is 0.392. The minimum absolute atomic E-state index is 0. The molecule has 0 aliphatic rings. The Morgan fingerprint density at radius 3 is 2.50 bits per heavy atom. The molecule has 0 radical (unpaired) electrons. The van der Waals surface area contributed by atoms with Crippen molar-refractivity contribution < 1.29 is 29.8 Å². The molecule has 0 atom stereocenters. The van der Waals surface area contributed by atoms with Gasteiger partial charge in [0, 0.05) is 21.1 Å². The molecule has 0 saturated carbocycles. The topological polar surface area (TPSA) is 12.9 Å². The van der Waals surface area contributed by atoms with Crippen molar-refractivity contribution >= 4 is 21.7 Å². The van der Waals surface area contributed by atoms with E-state index in [2.05, 4.69) is 11.1 Å². The average molecular weight is 423 g/mol. The SMILES string of the molecule is FC(F)c1ccc2ccc3ccc[c-]c3c2n1.[Pt]. The van der Waals surface area contributed by atoms with Crippen molar-refractivity contribution in [2.45, 2.75) is 6.43 Å². The number of rotatable bonds is 1. The Hall–Kier alpha value is -1.34. The quantitative estimate of drug-likeness (QED) is 0.424. The van der Waals surface area contributed by atoms with Crippen molar-refractivity contribution in [2.24, 2.45) is 0 Å². The maximum absolute atomic E-state index is 12.6. The van der Waals surface area contributed by atoms with Crippen LogP contribution in [-0.2, 0) is 21.1 Å². The third kappa shape index (κ3) is 2.15. The Bertz CT molecular complexity index is 698. The molecule has 94 valence electrons. The van der Waals surface area contributed by atoms with Gasteiger partial charge in [-0.25, -0.2) is 8.78 Å². The molecule has 0 amide bonds. The summed E-state index contributed by atoms with van der Waals surface area (Å²) in [5, 5.41) is 2.59. The number of benzene rings is 2. The second-order valence-electron chi connectivity index (χ2n) is 3.81. The molecule has 1 heterocycles. The van der Waals surface area contributed by atoms with Crippen LogP contribution in [0.15, 0.2) is 42.5 Å². The van der Waals surface area contributed by atoms with E-state index in [-0.39, 0.29) is 26.8 Å². The molecule has 0 bridgehead atoms. The number of hydrogen-bond acceptors (Lipinski definition) is 1. The van der Waals surface area contributed by atoms with Gasteiger partial charge in [-0.15, -0.1) is 35.0 Å². The van der Waals surface area contributed by atoms with E-state index in [4.69, 9.17) is 0 Å². The van der Waals surface area contributed by atoms with Gasteiger partial charge in [-0.1, -0.05) is 18.2 Å². The first-order chi connectivity index (χ1) is 8.25. The van der Waals surface area contributed by atoms with Crippen LogP contribution in [0.5, 0.6) is 0 Å². The van der Waals surface area contributed by atoms with Gasteiger partial charge in [0.1, 0.15) is 0 Å². The van der Waals surface area contributed by atoms with Gasteiger partial charge in [0.05, 0.1) is 5.69 Å². The number of pyridine rings is 1. The third-order valence-electron chi connectivity index (χ3n) is 2.74. The van der Waals surface area contributed by atoms with Crippen LogP contribution in [-0.4, -0.2) is 4.98 Å². The van der Waals surface area contributed by atoms with E-state index >= 15 is 0 Å². The van der Waals surface area contributed by atoms with Gasteiger partial charge in [-0.2, -0.15) is 0 Å². The predicted octanol–water partition coefficient (Wildman–Crippen LogP) is 4.12. The molecule has 3 aromatic rings. The molecule has 0 fully saturated rings. The summed E-state index contributed by atoms with van der Waals surface area (Å²) in [7, 11) is 0. The summed E-state index contributed by atoms with van der Waals surface area (Å²) >= 11 is 0. The van der Waals surface area contributed by atoms with E-state index < -0.39 is 6.43 Å². The predicted molar refractivity (Wildman–Crippen MR) is 63.0 cm³/mol. The standard InChI is InChI=1S/C14H8F2N.Pt/c15-14(16)12-8-7-10-6-5-9-3-1-2-4-11(9)13(10)17-12;/h1-3,5-8,14H;/q-1;. The van der Waals surface area contributed by atoms with E-state index in [1.54, 1.807) is 12.1 Å². The molecule has 3 rings (SSSR count). The largest absolute Gasteiger partial charge is 0.295 e. The monoisotopic (exact) mass is 423 g/mol. The zero-order valence-electron chi connectivity index (χ0n) is 9.14. The number of alkyl halides is 2. The Morgan fingerprint density at radius 2 is 1.72 bits per heavy atom. The summed E-state index contributed by atoms with van der Waals surface area (Å²) in [6, 6.07) is 15.5. The smallest absolute Gasteiger partial charge is 0.279 e. The van der Waals surface area contributed by atoms with Crippen LogP contribution in [0.3, 0.4) is 0 Å². The maximum Gasteiger partial charge on any atom is 0.279 e. The van der Waals surface area contributed by atoms with Crippen molar-refractivity contribution in [3.8, 4) is 0 Å². The van der Waals surface area contributed by atoms with Crippen LogP contribution < -0.4 is 0 Å². The normalized spacial score (nSPS) is 10.8. The van der Waals surface area contributed by atoms with E-state index in [1.165, 1.54) is 6.07 Å². The van der Waals surface area contributed by atoms with Crippen LogP contribution >= 0.6 is 0 Å². The van der Waals surface area contributed by atoms with Crippen LogP contribution in [0, 0.1) is 6.07 Å². The fourth-order valence-electron chi connectivity index (χ4n) is 1.91. The van der Waals surface area contributed by atoms with Gasteiger partial charge >= 0.3 is 0 Å². The third-order valence-corrected chi connectivity index (χ3v) is 2.74. The Kier molecular flexibility index (Phi) is 3.72. The first-order valence-corrected chi connectivity index (χ1v) is 5.24. The summed E-state index contributed by atoms with van der Waals surface area (Å²) in [4.78, 5) is 4.02. The average Bonchev–Trinajstić information content (AvgIpc) is 2.38. The van der Waals surface area contributed by atoms with Crippen LogP contribution in [0.25, 0.3) is 21.7 Å². The zero-order valence-corrected chi connectivity index (χ0v) is 11.4. The molecule has 0 aliphatic heterocycles. The summed E-state index contributed by atoms with van der Waals surface area (Å²) < 4.78 is 25.2. The minimum Gasteiger partial charge on any atom is -0.295 e. The Balaban J connectivity index is 0.00000120. The molecular formula is C14H8F2NPt-. The van der Waals surface area contributed by atoms with E-state index in [0.717, 1.165) is 16.2 Å². The first kappa shape index (κ1) is 13.1. The van der Waals surface area contributed by atoms with Crippen molar-refractivity contribution in [3.05, 3.63) is 54.2 Å². The molecule has 1 nitrogen and oxygen atoms in total. The minimum atomic E-state index is -2.54. The number of aromatic nitrogens is 1. The van der Waals surface area contributed by atoms with Crippen molar-refractivity contribution in [1.29, 1.82) is 0 Å². The number of halogens is 2. The first-order valence-electron chi connectivity index (χ1n) is 5.24. The van der Waals surface area contributed by atoms with Crippen molar-refractivity contribution in [2.75, 3.05) is 0 Å². The van der Waals surface area contributed by atoms with Crippen LogP contribution in [0.1, 0.15) is 12.1 Å². The molecule has 18 heavy (non-hydrogen) atoms. The summed E-state index contributed by atoms with van der Waals surface area (Å²) in [6.07, 6.45) is -2.54. The van der Waals surface area contributed by atoms with E-state index in [0.29, 0.717) is 5.52 Å². The van der Waals surface area contributed by atoms with Crippen molar-refractivity contribution in [3.63, 3.8) is 0 Å². The van der Waals surface area contributed by atoms with Crippen LogP contribution in [0.4, 0.5) is 8.78 Å². The second kappa shape index (κ2) is 5.11. The Morgan fingerprint density at radius 1 is 1.00 bits per heavy atom. The molecule has 0 aliphatic carbocycles. The van der Waals surface area contributed by atoms with Gasteiger partial charge < -0.3 is 0 Å². The molecule has 0 saturated heterocycles. The molecule has 1 aromatic heterocycles. The van der Waals surface area contributed by atoms with Gasteiger partial charge in [0.15, 0.2) is 0 Å².